The van der Waals surface area contributed by atoms with Gasteiger partial charge in [-0.3, -0.25) is 9.69 Å². The summed E-state index contributed by atoms with van der Waals surface area (Å²) in [7, 11) is 0. The van der Waals surface area contributed by atoms with E-state index in [0.29, 0.717) is 28.3 Å². The molecule has 0 unspecified atom stereocenters. The third kappa shape index (κ3) is 5.88. The fourth-order valence-corrected chi connectivity index (χ4v) is 4.16. The Morgan fingerprint density at radius 1 is 1.27 bits per heavy atom. The van der Waals surface area contributed by atoms with Gasteiger partial charge in [0.15, 0.2) is 6.61 Å². The molecule has 0 spiro atoms. The highest BCUT2D eigenvalue weighted by molar-refractivity contribution is 7.07. The fourth-order valence-electron chi connectivity index (χ4n) is 3.03. The van der Waals surface area contributed by atoms with Crippen LogP contribution < -0.4 is 10.1 Å². The Morgan fingerprint density at radius 3 is 2.77 bits per heavy atom. The maximum Gasteiger partial charge on any atom is 0.257 e. The maximum atomic E-state index is 12.0. The van der Waals surface area contributed by atoms with Crippen LogP contribution in [0.25, 0.3) is 0 Å². The zero-order valence-corrected chi connectivity index (χ0v) is 16.7. The van der Waals surface area contributed by atoms with Crippen molar-refractivity contribution in [3.8, 4) is 5.75 Å². The molecule has 0 aliphatic carbocycles. The number of hydrogen-bond acceptors (Lipinski definition) is 4. The molecule has 1 fully saturated rings. The van der Waals surface area contributed by atoms with E-state index in [1.165, 1.54) is 5.56 Å². The van der Waals surface area contributed by atoms with Gasteiger partial charge >= 0.3 is 0 Å². The van der Waals surface area contributed by atoms with Crippen LogP contribution in [0.3, 0.4) is 0 Å². The number of nitrogens with one attached hydrogen (secondary N) is 1. The van der Waals surface area contributed by atoms with Gasteiger partial charge in [-0.15, -0.1) is 0 Å². The third-order valence-electron chi connectivity index (χ3n) is 4.53. The second-order valence-electron chi connectivity index (χ2n) is 6.52. The van der Waals surface area contributed by atoms with Crippen molar-refractivity contribution >= 4 is 40.4 Å². The van der Waals surface area contributed by atoms with E-state index in [9.17, 15) is 4.79 Å². The number of carbonyl (C=O) groups excluding carboxylic acids is 1. The zero-order chi connectivity index (χ0) is 18.4. The highest BCUT2D eigenvalue weighted by Gasteiger charge is 2.20. The minimum Gasteiger partial charge on any atom is -0.482 e. The molecule has 1 aromatic carbocycles. The summed E-state index contributed by atoms with van der Waals surface area (Å²) >= 11 is 13.6. The minimum absolute atomic E-state index is 0.0433. The Balaban J connectivity index is 1.33. The van der Waals surface area contributed by atoms with Gasteiger partial charge in [-0.25, -0.2) is 0 Å². The van der Waals surface area contributed by atoms with Crippen LogP contribution in [0.1, 0.15) is 18.4 Å². The average molecular weight is 413 g/mol. The van der Waals surface area contributed by atoms with E-state index in [-0.39, 0.29) is 12.5 Å². The lowest BCUT2D eigenvalue weighted by Gasteiger charge is -2.31. The average Bonchev–Trinajstić information content (AvgIpc) is 3.13. The van der Waals surface area contributed by atoms with Gasteiger partial charge in [0.2, 0.25) is 0 Å². The standard InChI is InChI=1S/C19H22Cl2N2O2S/c20-16-1-2-18(17(21)9-16)25-12-19(24)22-10-14-3-6-23(7-4-14)11-15-5-8-26-13-15/h1-2,5,8-9,13-14H,3-4,6-7,10-12H2,(H,22,24). The summed E-state index contributed by atoms with van der Waals surface area (Å²) in [6, 6.07) is 7.13. The molecule has 4 nitrogen and oxygen atoms in total. The normalized spacial score (nSPS) is 15.8. The molecule has 0 saturated carbocycles. The van der Waals surface area contributed by atoms with Crippen molar-refractivity contribution in [1.82, 2.24) is 10.2 Å². The van der Waals surface area contributed by atoms with Crippen molar-refractivity contribution in [2.24, 2.45) is 5.92 Å². The number of nitrogens with zero attached hydrogens (tertiary/aromatic N) is 1. The molecule has 26 heavy (non-hydrogen) atoms. The summed E-state index contributed by atoms with van der Waals surface area (Å²) in [5.74, 6) is 0.862. The van der Waals surface area contributed by atoms with E-state index < -0.39 is 0 Å². The number of ether oxygens (including phenoxy) is 1. The van der Waals surface area contributed by atoms with Crippen LogP contribution in [-0.2, 0) is 11.3 Å². The number of piperidine rings is 1. The minimum atomic E-state index is -0.128. The van der Waals surface area contributed by atoms with Crippen LogP contribution in [0.4, 0.5) is 0 Å². The van der Waals surface area contributed by atoms with Gasteiger partial charge in [0.1, 0.15) is 5.75 Å². The largest absolute Gasteiger partial charge is 0.482 e. The lowest BCUT2D eigenvalue weighted by Crippen LogP contribution is -2.39. The fraction of sp³-hybridized carbons (Fsp3) is 0.421. The molecule has 1 amide bonds. The van der Waals surface area contributed by atoms with Gasteiger partial charge in [-0.2, -0.15) is 11.3 Å². The van der Waals surface area contributed by atoms with E-state index in [1.807, 2.05) is 0 Å². The van der Waals surface area contributed by atoms with Crippen LogP contribution in [0.15, 0.2) is 35.0 Å². The second-order valence-corrected chi connectivity index (χ2v) is 8.14. The van der Waals surface area contributed by atoms with Gasteiger partial charge in [-0.05, 0) is 72.4 Å². The first-order chi connectivity index (χ1) is 12.6. The van der Waals surface area contributed by atoms with Gasteiger partial charge < -0.3 is 10.1 Å². The van der Waals surface area contributed by atoms with Crippen molar-refractivity contribution in [1.29, 1.82) is 0 Å². The molecule has 0 radical (unpaired) electrons. The Kier molecular flexibility index (Phi) is 7.20. The summed E-state index contributed by atoms with van der Waals surface area (Å²) in [6.07, 6.45) is 2.21. The molecular formula is C19H22Cl2N2O2S. The van der Waals surface area contributed by atoms with E-state index in [0.717, 1.165) is 32.5 Å². The molecule has 1 aliphatic rings. The molecule has 1 saturated heterocycles. The molecular weight excluding hydrogens is 391 g/mol. The summed E-state index contributed by atoms with van der Waals surface area (Å²) < 4.78 is 5.46. The molecule has 2 aromatic rings. The smallest absolute Gasteiger partial charge is 0.257 e. The molecule has 7 heteroatoms. The first kappa shape index (κ1) is 19.5. The zero-order valence-electron chi connectivity index (χ0n) is 14.4. The van der Waals surface area contributed by atoms with Gasteiger partial charge in [0.05, 0.1) is 5.02 Å². The van der Waals surface area contributed by atoms with Crippen LogP contribution >= 0.6 is 34.5 Å². The number of amides is 1. The quantitative estimate of drug-likeness (QED) is 0.729. The van der Waals surface area contributed by atoms with Gasteiger partial charge in [0.25, 0.3) is 5.91 Å². The summed E-state index contributed by atoms with van der Waals surface area (Å²) in [4.78, 5) is 14.5. The molecule has 2 heterocycles. The molecule has 140 valence electrons. The first-order valence-corrected chi connectivity index (χ1v) is 10.4. The number of carbonyl (C=O) groups is 1. The van der Waals surface area contributed by atoms with E-state index in [2.05, 4.69) is 27.0 Å². The first-order valence-electron chi connectivity index (χ1n) is 8.68. The summed E-state index contributed by atoms with van der Waals surface area (Å²) in [6.45, 7) is 3.83. The predicted octanol–water partition coefficient (Wildman–Crippen LogP) is 4.46. The molecule has 1 aliphatic heterocycles. The van der Waals surface area contributed by atoms with Crippen molar-refractivity contribution in [3.63, 3.8) is 0 Å². The Morgan fingerprint density at radius 2 is 2.08 bits per heavy atom. The van der Waals surface area contributed by atoms with Crippen LogP contribution in [0, 0.1) is 5.92 Å². The summed E-state index contributed by atoms with van der Waals surface area (Å²) in [5, 5.41) is 8.24. The Bertz CT molecular complexity index is 716. The molecule has 3 rings (SSSR count). The highest BCUT2D eigenvalue weighted by atomic mass is 35.5. The third-order valence-corrected chi connectivity index (χ3v) is 5.80. The van der Waals surface area contributed by atoms with Crippen LogP contribution in [0.5, 0.6) is 5.75 Å². The number of hydrogen-bond donors (Lipinski definition) is 1. The second kappa shape index (κ2) is 9.60. The van der Waals surface area contributed by atoms with E-state index in [1.54, 1.807) is 29.5 Å². The van der Waals surface area contributed by atoms with Crippen LogP contribution in [0.2, 0.25) is 10.0 Å². The maximum absolute atomic E-state index is 12.0. The topological polar surface area (TPSA) is 41.6 Å². The molecule has 0 bridgehead atoms. The monoisotopic (exact) mass is 412 g/mol. The van der Waals surface area contributed by atoms with Crippen molar-refractivity contribution in [2.75, 3.05) is 26.2 Å². The number of rotatable bonds is 7. The Hall–Kier alpha value is -1.27. The molecule has 1 N–H and O–H groups in total. The number of thiophene rings is 1. The number of benzene rings is 1. The molecule has 1 aromatic heterocycles. The van der Waals surface area contributed by atoms with E-state index >= 15 is 0 Å². The van der Waals surface area contributed by atoms with Gasteiger partial charge in [-0.1, -0.05) is 23.2 Å². The highest BCUT2D eigenvalue weighted by Crippen LogP contribution is 2.27. The molecule has 0 atom stereocenters. The van der Waals surface area contributed by atoms with Crippen molar-refractivity contribution in [2.45, 2.75) is 19.4 Å². The van der Waals surface area contributed by atoms with Crippen molar-refractivity contribution in [3.05, 3.63) is 50.6 Å². The SMILES string of the molecule is O=C(COc1ccc(Cl)cc1Cl)NCC1CCN(Cc2ccsc2)CC1. The predicted molar refractivity (Wildman–Crippen MR) is 107 cm³/mol. The van der Waals surface area contributed by atoms with Crippen LogP contribution in [-0.4, -0.2) is 37.0 Å². The van der Waals surface area contributed by atoms with Gasteiger partial charge in [0, 0.05) is 18.1 Å². The Labute approximate surface area is 168 Å². The van der Waals surface area contributed by atoms with E-state index in [4.69, 9.17) is 27.9 Å². The number of likely N-dealkylation sites (tertiary alicyclic amines) is 1. The summed E-state index contributed by atoms with van der Waals surface area (Å²) in [5.41, 5.74) is 1.39. The number of halogens is 2. The van der Waals surface area contributed by atoms with Crippen molar-refractivity contribution < 1.29 is 9.53 Å². The lowest BCUT2D eigenvalue weighted by molar-refractivity contribution is -0.123. The lowest BCUT2D eigenvalue weighted by atomic mass is 9.96.